The Hall–Kier alpha value is -1.06. The van der Waals surface area contributed by atoms with E-state index in [2.05, 4.69) is 50.3 Å². The first-order valence-corrected chi connectivity index (χ1v) is 8.06. The Labute approximate surface area is 129 Å². The Morgan fingerprint density at radius 3 is 2.62 bits per heavy atom. The molecule has 1 saturated carbocycles. The van der Waals surface area contributed by atoms with Crippen molar-refractivity contribution in [1.82, 2.24) is 10.2 Å². The molecule has 0 bridgehead atoms. The standard InChI is InChI=1S/C18H30N2O/c1-13-10-14(2)18(16(11-13)19-3)20(4)12-15-8-6-7-9-17(15)21-5/h6-9,13-14,16,18-19H,10-12H2,1-5H3. The van der Waals surface area contributed by atoms with Gasteiger partial charge < -0.3 is 10.1 Å². The van der Waals surface area contributed by atoms with Crippen LogP contribution in [-0.2, 0) is 6.54 Å². The molecule has 0 amide bonds. The van der Waals surface area contributed by atoms with Crippen LogP contribution >= 0.6 is 0 Å². The van der Waals surface area contributed by atoms with E-state index in [0.29, 0.717) is 18.0 Å². The van der Waals surface area contributed by atoms with Crippen LogP contribution in [0.5, 0.6) is 5.75 Å². The van der Waals surface area contributed by atoms with Crippen molar-refractivity contribution in [3.05, 3.63) is 29.8 Å². The SMILES string of the molecule is CNC1CC(C)CC(C)C1N(C)Cc1ccccc1OC. The van der Waals surface area contributed by atoms with Crippen LogP contribution in [0.2, 0.25) is 0 Å². The van der Waals surface area contributed by atoms with Gasteiger partial charge in [-0.25, -0.2) is 0 Å². The normalized spacial score (nSPS) is 29.6. The third-order valence-electron chi connectivity index (χ3n) is 4.92. The van der Waals surface area contributed by atoms with Gasteiger partial charge in [0.25, 0.3) is 0 Å². The van der Waals surface area contributed by atoms with Gasteiger partial charge in [-0.1, -0.05) is 32.0 Å². The fourth-order valence-corrected chi connectivity index (χ4v) is 4.08. The molecular formula is C18H30N2O. The molecule has 2 rings (SSSR count). The van der Waals surface area contributed by atoms with Crippen LogP contribution < -0.4 is 10.1 Å². The van der Waals surface area contributed by atoms with Gasteiger partial charge in [0.05, 0.1) is 7.11 Å². The summed E-state index contributed by atoms with van der Waals surface area (Å²) < 4.78 is 5.49. The van der Waals surface area contributed by atoms with E-state index in [1.54, 1.807) is 7.11 Å². The molecule has 1 aliphatic carbocycles. The van der Waals surface area contributed by atoms with Crippen LogP contribution in [0.15, 0.2) is 24.3 Å². The van der Waals surface area contributed by atoms with Crippen molar-refractivity contribution < 1.29 is 4.74 Å². The quantitative estimate of drug-likeness (QED) is 0.901. The van der Waals surface area contributed by atoms with Crippen molar-refractivity contribution in [2.45, 2.75) is 45.3 Å². The minimum atomic E-state index is 0.573. The Kier molecular flexibility index (Phi) is 5.65. The van der Waals surface area contributed by atoms with Crippen LogP contribution in [-0.4, -0.2) is 38.2 Å². The van der Waals surface area contributed by atoms with Gasteiger partial charge in [-0.05, 0) is 44.8 Å². The number of rotatable bonds is 5. The lowest BCUT2D eigenvalue weighted by molar-refractivity contribution is 0.0780. The van der Waals surface area contributed by atoms with E-state index in [0.717, 1.165) is 18.2 Å². The average molecular weight is 290 g/mol. The molecule has 3 heteroatoms. The van der Waals surface area contributed by atoms with E-state index in [4.69, 9.17) is 4.74 Å². The number of likely N-dealkylation sites (N-methyl/N-ethyl adjacent to an activating group) is 2. The predicted octanol–water partition coefficient (Wildman–Crippen LogP) is 3.15. The topological polar surface area (TPSA) is 24.5 Å². The van der Waals surface area contributed by atoms with Gasteiger partial charge in [-0.2, -0.15) is 0 Å². The number of methoxy groups -OCH3 is 1. The molecule has 3 nitrogen and oxygen atoms in total. The lowest BCUT2D eigenvalue weighted by Crippen LogP contribution is -2.54. The highest BCUT2D eigenvalue weighted by Gasteiger charge is 2.35. The molecule has 1 N–H and O–H groups in total. The molecule has 21 heavy (non-hydrogen) atoms. The zero-order valence-corrected chi connectivity index (χ0v) is 14.1. The minimum absolute atomic E-state index is 0.573. The van der Waals surface area contributed by atoms with Crippen molar-refractivity contribution in [2.75, 3.05) is 21.2 Å². The minimum Gasteiger partial charge on any atom is -0.496 e. The second-order valence-corrected chi connectivity index (χ2v) is 6.67. The van der Waals surface area contributed by atoms with Crippen LogP contribution in [0.4, 0.5) is 0 Å². The molecule has 0 spiro atoms. The average Bonchev–Trinajstić information content (AvgIpc) is 2.46. The summed E-state index contributed by atoms with van der Waals surface area (Å²) in [5, 5.41) is 3.54. The Morgan fingerprint density at radius 2 is 1.95 bits per heavy atom. The van der Waals surface area contributed by atoms with Crippen molar-refractivity contribution in [1.29, 1.82) is 0 Å². The molecule has 0 aliphatic heterocycles. The summed E-state index contributed by atoms with van der Waals surface area (Å²) in [6, 6.07) is 9.49. The lowest BCUT2D eigenvalue weighted by Gasteiger charge is -2.44. The van der Waals surface area contributed by atoms with E-state index < -0.39 is 0 Å². The smallest absolute Gasteiger partial charge is 0.123 e. The maximum Gasteiger partial charge on any atom is 0.123 e. The first-order valence-electron chi connectivity index (χ1n) is 8.06. The summed E-state index contributed by atoms with van der Waals surface area (Å²) in [4.78, 5) is 2.50. The van der Waals surface area contributed by atoms with Crippen LogP contribution in [0, 0.1) is 11.8 Å². The van der Waals surface area contributed by atoms with E-state index >= 15 is 0 Å². The van der Waals surface area contributed by atoms with E-state index in [1.807, 2.05) is 12.1 Å². The molecule has 0 saturated heterocycles. The molecule has 118 valence electrons. The van der Waals surface area contributed by atoms with Crippen LogP contribution in [0.1, 0.15) is 32.3 Å². The van der Waals surface area contributed by atoms with Crippen molar-refractivity contribution in [2.24, 2.45) is 11.8 Å². The van der Waals surface area contributed by atoms with Gasteiger partial charge in [0.15, 0.2) is 0 Å². The lowest BCUT2D eigenvalue weighted by atomic mass is 9.76. The second kappa shape index (κ2) is 7.28. The molecule has 1 aliphatic rings. The van der Waals surface area contributed by atoms with Crippen LogP contribution in [0.3, 0.4) is 0 Å². The molecule has 0 heterocycles. The number of hydrogen-bond donors (Lipinski definition) is 1. The third-order valence-corrected chi connectivity index (χ3v) is 4.92. The highest BCUT2D eigenvalue weighted by molar-refractivity contribution is 5.33. The largest absolute Gasteiger partial charge is 0.496 e. The van der Waals surface area contributed by atoms with Crippen molar-refractivity contribution in [3.63, 3.8) is 0 Å². The fraction of sp³-hybridized carbons (Fsp3) is 0.667. The van der Waals surface area contributed by atoms with Gasteiger partial charge in [-0.15, -0.1) is 0 Å². The van der Waals surface area contributed by atoms with Crippen molar-refractivity contribution in [3.8, 4) is 5.75 Å². The number of nitrogens with zero attached hydrogens (tertiary/aromatic N) is 1. The summed E-state index contributed by atoms with van der Waals surface area (Å²) in [5.74, 6) is 2.52. The zero-order chi connectivity index (χ0) is 15.4. The number of ether oxygens (including phenoxy) is 1. The summed E-state index contributed by atoms with van der Waals surface area (Å²) >= 11 is 0. The van der Waals surface area contributed by atoms with Gasteiger partial charge in [0, 0.05) is 24.2 Å². The molecule has 1 aromatic rings. The van der Waals surface area contributed by atoms with E-state index in [-0.39, 0.29) is 0 Å². The molecular weight excluding hydrogens is 260 g/mol. The predicted molar refractivity (Wildman–Crippen MR) is 88.7 cm³/mol. The zero-order valence-electron chi connectivity index (χ0n) is 14.1. The fourth-order valence-electron chi connectivity index (χ4n) is 4.08. The van der Waals surface area contributed by atoms with Crippen molar-refractivity contribution >= 4 is 0 Å². The van der Waals surface area contributed by atoms with E-state index in [9.17, 15) is 0 Å². The van der Waals surface area contributed by atoms with Gasteiger partial charge in [0.2, 0.25) is 0 Å². The summed E-state index contributed by atoms with van der Waals surface area (Å²) in [7, 11) is 6.09. The highest BCUT2D eigenvalue weighted by atomic mass is 16.5. The molecule has 0 radical (unpaired) electrons. The van der Waals surface area contributed by atoms with Gasteiger partial charge in [-0.3, -0.25) is 4.90 Å². The Morgan fingerprint density at radius 1 is 1.24 bits per heavy atom. The summed E-state index contributed by atoms with van der Waals surface area (Å²) in [5.41, 5.74) is 1.27. The first-order chi connectivity index (χ1) is 10.1. The van der Waals surface area contributed by atoms with E-state index in [1.165, 1.54) is 18.4 Å². The third kappa shape index (κ3) is 3.78. The molecule has 4 unspecified atom stereocenters. The molecule has 0 aromatic heterocycles. The van der Waals surface area contributed by atoms with Gasteiger partial charge in [0.1, 0.15) is 5.75 Å². The maximum atomic E-state index is 5.49. The Balaban J connectivity index is 2.12. The molecule has 1 aromatic carbocycles. The maximum absolute atomic E-state index is 5.49. The summed E-state index contributed by atoms with van der Waals surface area (Å²) in [6.07, 6.45) is 2.58. The number of para-hydroxylation sites is 1. The monoisotopic (exact) mass is 290 g/mol. The Bertz CT molecular complexity index is 449. The summed E-state index contributed by atoms with van der Waals surface area (Å²) in [6.45, 7) is 5.70. The van der Waals surface area contributed by atoms with Gasteiger partial charge >= 0.3 is 0 Å². The second-order valence-electron chi connectivity index (χ2n) is 6.67. The number of benzene rings is 1. The van der Waals surface area contributed by atoms with Crippen LogP contribution in [0.25, 0.3) is 0 Å². The highest BCUT2D eigenvalue weighted by Crippen LogP contribution is 2.33. The number of nitrogens with one attached hydrogen (secondary N) is 1. The first kappa shape index (κ1) is 16.3. The molecule has 1 fully saturated rings. The molecule has 4 atom stereocenters. The number of hydrogen-bond acceptors (Lipinski definition) is 3.